The Kier molecular flexibility index (Phi) is 5.64. The van der Waals surface area contributed by atoms with E-state index in [0.717, 1.165) is 12.1 Å². The fourth-order valence-corrected chi connectivity index (χ4v) is 2.73. The fourth-order valence-electron chi connectivity index (χ4n) is 2.73. The molecule has 2 amide bonds. The quantitative estimate of drug-likeness (QED) is 0.857. The van der Waals surface area contributed by atoms with Crippen molar-refractivity contribution in [1.29, 1.82) is 0 Å². The lowest BCUT2D eigenvalue weighted by Crippen LogP contribution is -2.38. The molecule has 2 N–H and O–H groups in total. The van der Waals surface area contributed by atoms with Gasteiger partial charge in [0.25, 0.3) is 0 Å². The van der Waals surface area contributed by atoms with Crippen LogP contribution in [0.5, 0.6) is 0 Å². The van der Waals surface area contributed by atoms with Gasteiger partial charge in [0, 0.05) is 25.6 Å². The molecule has 1 fully saturated rings. The van der Waals surface area contributed by atoms with Crippen LogP contribution in [0, 0.1) is 5.92 Å². The van der Waals surface area contributed by atoms with Gasteiger partial charge in [0.2, 0.25) is 11.8 Å². The number of nitrogens with two attached hydrogens (primary N) is 1. The first kappa shape index (κ1) is 18.0. The average Bonchev–Trinajstić information content (AvgIpc) is 2.52. The van der Waals surface area contributed by atoms with Gasteiger partial charge in [-0.2, -0.15) is 13.2 Å². The molecule has 4 nitrogen and oxygen atoms in total. The van der Waals surface area contributed by atoms with E-state index >= 15 is 0 Å². The standard InChI is InChI=1S/C17H19F3N2O2/c18-17(19,20)14-3-1-2-12(10-14)4-5-16(24)22-8-6-13(7-9-22)11-15(21)23/h1-5,10,13H,6-9,11H2,(H2,21,23)/b5-4-. The van der Waals surface area contributed by atoms with Gasteiger partial charge in [-0.15, -0.1) is 0 Å². The molecule has 1 heterocycles. The number of primary amides is 1. The van der Waals surface area contributed by atoms with Gasteiger partial charge in [0.05, 0.1) is 5.56 Å². The molecule has 2 rings (SSSR count). The molecule has 0 aromatic heterocycles. The molecule has 0 aliphatic carbocycles. The van der Waals surface area contributed by atoms with Crippen molar-refractivity contribution < 1.29 is 22.8 Å². The molecule has 1 aromatic carbocycles. The van der Waals surface area contributed by atoms with E-state index in [9.17, 15) is 22.8 Å². The molecule has 1 aliphatic heterocycles. The van der Waals surface area contributed by atoms with Crippen LogP contribution in [0.25, 0.3) is 6.08 Å². The van der Waals surface area contributed by atoms with Crippen molar-refractivity contribution in [2.45, 2.75) is 25.4 Å². The third-order valence-electron chi connectivity index (χ3n) is 4.05. The Morgan fingerprint density at radius 1 is 1.25 bits per heavy atom. The summed E-state index contributed by atoms with van der Waals surface area (Å²) < 4.78 is 38.0. The van der Waals surface area contributed by atoms with Crippen LogP contribution in [0.2, 0.25) is 0 Å². The smallest absolute Gasteiger partial charge is 0.370 e. The van der Waals surface area contributed by atoms with Crippen LogP contribution in [-0.2, 0) is 15.8 Å². The highest BCUT2D eigenvalue weighted by Gasteiger charge is 2.30. The van der Waals surface area contributed by atoms with Crippen LogP contribution in [0.3, 0.4) is 0 Å². The lowest BCUT2D eigenvalue weighted by molar-refractivity contribution is -0.137. The van der Waals surface area contributed by atoms with Crippen molar-refractivity contribution in [3.63, 3.8) is 0 Å². The highest BCUT2D eigenvalue weighted by atomic mass is 19.4. The summed E-state index contributed by atoms with van der Waals surface area (Å²) in [6.07, 6.45) is -0.0204. The molecule has 0 bridgehead atoms. The molecule has 0 unspecified atom stereocenters. The molecular weight excluding hydrogens is 321 g/mol. The van der Waals surface area contributed by atoms with Crippen molar-refractivity contribution >= 4 is 17.9 Å². The van der Waals surface area contributed by atoms with Gasteiger partial charge in [-0.25, -0.2) is 0 Å². The lowest BCUT2D eigenvalue weighted by atomic mass is 9.93. The number of amides is 2. The SMILES string of the molecule is NC(=O)CC1CCN(C(=O)/C=C\c2cccc(C(F)(F)F)c2)CC1. The van der Waals surface area contributed by atoms with Gasteiger partial charge in [0.1, 0.15) is 0 Å². The highest BCUT2D eigenvalue weighted by molar-refractivity contribution is 5.91. The first-order valence-corrected chi connectivity index (χ1v) is 7.68. The van der Waals surface area contributed by atoms with E-state index in [1.165, 1.54) is 24.3 Å². The maximum atomic E-state index is 12.7. The summed E-state index contributed by atoms with van der Waals surface area (Å²) >= 11 is 0. The molecule has 7 heteroatoms. The predicted molar refractivity (Wildman–Crippen MR) is 83.6 cm³/mol. The summed E-state index contributed by atoms with van der Waals surface area (Å²) in [6.45, 7) is 1.04. The summed E-state index contributed by atoms with van der Waals surface area (Å²) in [5.41, 5.74) is 4.74. The van der Waals surface area contributed by atoms with E-state index in [2.05, 4.69) is 0 Å². The molecule has 0 radical (unpaired) electrons. The number of carbonyl (C=O) groups excluding carboxylic acids is 2. The molecule has 1 aliphatic rings. The van der Waals surface area contributed by atoms with Crippen LogP contribution in [0.1, 0.15) is 30.4 Å². The van der Waals surface area contributed by atoms with Gasteiger partial charge in [-0.05, 0) is 42.5 Å². The van der Waals surface area contributed by atoms with E-state index in [1.54, 1.807) is 4.90 Å². The number of nitrogens with zero attached hydrogens (tertiary/aromatic N) is 1. The van der Waals surface area contributed by atoms with Gasteiger partial charge in [-0.1, -0.05) is 12.1 Å². The Morgan fingerprint density at radius 3 is 2.50 bits per heavy atom. The number of benzene rings is 1. The minimum Gasteiger partial charge on any atom is -0.370 e. The van der Waals surface area contributed by atoms with Crippen molar-refractivity contribution in [3.05, 3.63) is 41.5 Å². The normalized spacial score (nSPS) is 16.5. The number of rotatable bonds is 4. The second-order valence-corrected chi connectivity index (χ2v) is 5.90. The van der Waals surface area contributed by atoms with Crippen LogP contribution < -0.4 is 5.73 Å². The first-order chi connectivity index (χ1) is 11.3. The Bertz CT molecular complexity index is 633. The van der Waals surface area contributed by atoms with Crippen LogP contribution in [-0.4, -0.2) is 29.8 Å². The van der Waals surface area contributed by atoms with Crippen LogP contribution >= 0.6 is 0 Å². The van der Waals surface area contributed by atoms with E-state index in [-0.39, 0.29) is 17.7 Å². The molecule has 0 atom stereocenters. The third-order valence-corrected chi connectivity index (χ3v) is 4.05. The van der Waals surface area contributed by atoms with Gasteiger partial charge < -0.3 is 10.6 Å². The second kappa shape index (κ2) is 7.51. The Hall–Kier alpha value is -2.31. The zero-order valence-corrected chi connectivity index (χ0v) is 13.1. The summed E-state index contributed by atoms with van der Waals surface area (Å²) in [5.74, 6) is -0.395. The number of hydrogen-bond acceptors (Lipinski definition) is 2. The third kappa shape index (κ3) is 5.11. The van der Waals surface area contributed by atoms with Crippen molar-refractivity contribution in [1.82, 2.24) is 4.90 Å². The molecule has 0 saturated carbocycles. The minimum absolute atomic E-state index is 0.194. The van der Waals surface area contributed by atoms with E-state index in [4.69, 9.17) is 5.73 Å². The summed E-state index contributed by atoms with van der Waals surface area (Å²) in [7, 11) is 0. The average molecular weight is 340 g/mol. The van der Waals surface area contributed by atoms with E-state index < -0.39 is 11.7 Å². The minimum atomic E-state index is -4.41. The maximum Gasteiger partial charge on any atom is 0.416 e. The predicted octanol–water partition coefficient (Wildman–Crippen LogP) is 2.83. The Balaban J connectivity index is 1.93. The van der Waals surface area contributed by atoms with E-state index in [1.807, 2.05) is 0 Å². The molecule has 130 valence electrons. The number of likely N-dealkylation sites (tertiary alicyclic amines) is 1. The number of piperidine rings is 1. The number of halogens is 3. The second-order valence-electron chi connectivity index (χ2n) is 5.90. The molecular formula is C17H19F3N2O2. The maximum absolute atomic E-state index is 12.7. The lowest BCUT2D eigenvalue weighted by Gasteiger charge is -2.30. The van der Waals surface area contributed by atoms with Gasteiger partial charge in [0.15, 0.2) is 0 Å². The van der Waals surface area contributed by atoms with Gasteiger partial charge >= 0.3 is 6.18 Å². The zero-order chi connectivity index (χ0) is 17.7. The fraction of sp³-hybridized carbons (Fsp3) is 0.412. The first-order valence-electron chi connectivity index (χ1n) is 7.68. The molecule has 1 saturated heterocycles. The molecule has 0 spiro atoms. The van der Waals surface area contributed by atoms with Crippen molar-refractivity contribution in [2.75, 3.05) is 13.1 Å². The number of hydrogen-bond donors (Lipinski definition) is 1. The number of carbonyl (C=O) groups is 2. The highest BCUT2D eigenvalue weighted by Crippen LogP contribution is 2.29. The zero-order valence-electron chi connectivity index (χ0n) is 13.1. The van der Waals surface area contributed by atoms with Crippen molar-refractivity contribution in [3.8, 4) is 0 Å². The van der Waals surface area contributed by atoms with Gasteiger partial charge in [-0.3, -0.25) is 9.59 Å². The largest absolute Gasteiger partial charge is 0.416 e. The van der Waals surface area contributed by atoms with E-state index in [0.29, 0.717) is 37.9 Å². The molecule has 1 aromatic rings. The summed E-state index contributed by atoms with van der Waals surface area (Å²) in [5, 5.41) is 0. The number of alkyl halides is 3. The molecule has 24 heavy (non-hydrogen) atoms. The Morgan fingerprint density at radius 2 is 1.92 bits per heavy atom. The summed E-state index contributed by atoms with van der Waals surface area (Å²) in [4.78, 5) is 24.6. The van der Waals surface area contributed by atoms with Crippen LogP contribution in [0.15, 0.2) is 30.3 Å². The monoisotopic (exact) mass is 340 g/mol. The Labute approximate surface area is 138 Å². The van der Waals surface area contributed by atoms with Crippen molar-refractivity contribution in [2.24, 2.45) is 11.7 Å². The topological polar surface area (TPSA) is 63.4 Å². The summed E-state index contributed by atoms with van der Waals surface area (Å²) in [6, 6.07) is 4.81. The van der Waals surface area contributed by atoms with Crippen LogP contribution in [0.4, 0.5) is 13.2 Å².